The van der Waals surface area contributed by atoms with Gasteiger partial charge in [-0.05, 0) is 140 Å². The van der Waals surface area contributed by atoms with Gasteiger partial charge in [-0.2, -0.15) is 0 Å². The average molecular weight is 787 g/mol. The fourth-order valence-electron chi connectivity index (χ4n) is 12.2. The molecule has 3 aromatic carbocycles. The summed E-state index contributed by atoms with van der Waals surface area (Å²) < 4.78 is 0. The van der Waals surface area contributed by atoms with Gasteiger partial charge in [0.15, 0.2) is 0 Å². The fourth-order valence-corrected chi connectivity index (χ4v) is 13.6. The Hall–Kier alpha value is -4.99. The lowest BCUT2D eigenvalue weighted by Crippen LogP contribution is -2.35. The van der Waals surface area contributed by atoms with Crippen molar-refractivity contribution in [2.75, 3.05) is 4.90 Å². The molecule has 0 bridgehead atoms. The molecule has 0 saturated heterocycles. The Kier molecular flexibility index (Phi) is 8.90. The molecule has 9 aliphatic rings. The van der Waals surface area contributed by atoms with Gasteiger partial charge in [0.2, 0.25) is 0 Å². The van der Waals surface area contributed by atoms with Gasteiger partial charge < -0.3 is 9.80 Å². The van der Waals surface area contributed by atoms with Crippen molar-refractivity contribution in [1.29, 1.82) is 0 Å². The van der Waals surface area contributed by atoms with Crippen molar-refractivity contribution in [2.24, 2.45) is 11.8 Å². The summed E-state index contributed by atoms with van der Waals surface area (Å²) in [4.78, 5) is 7.03. The van der Waals surface area contributed by atoms with E-state index in [2.05, 4.69) is 174 Å². The zero-order valence-electron chi connectivity index (χ0n) is 34.3. The number of rotatable bonds is 5. The van der Waals surface area contributed by atoms with Gasteiger partial charge in [0.05, 0.1) is 12.1 Å². The number of hydrogen-bond acceptors (Lipinski definition) is 3. The van der Waals surface area contributed by atoms with E-state index in [4.69, 9.17) is 0 Å². The quantitative estimate of drug-likeness (QED) is 0.254. The van der Waals surface area contributed by atoms with Gasteiger partial charge in [-0.1, -0.05) is 127 Å². The molecule has 6 aliphatic carbocycles. The van der Waals surface area contributed by atoms with Gasteiger partial charge in [0.25, 0.3) is 0 Å². The third-order valence-electron chi connectivity index (χ3n) is 15.0. The summed E-state index contributed by atoms with van der Waals surface area (Å²) in [6.07, 6.45) is 43.5. The van der Waals surface area contributed by atoms with Gasteiger partial charge in [0.1, 0.15) is 0 Å². The van der Waals surface area contributed by atoms with Crippen LogP contribution >= 0.6 is 11.8 Å². The Labute approximate surface area is 355 Å². The summed E-state index contributed by atoms with van der Waals surface area (Å²) in [6.45, 7) is 2.30. The van der Waals surface area contributed by atoms with Crippen molar-refractivity contribution < 1.29 is 0 Å². The van der Waals surface area contributed by atoms with Crippen molar-refractivity contribution >= 4 is 34.3 Å². The third-order valence-corrected chi connectivity index (χ3v) is 16.4. The van der Waals surface area contributed by atoms with Crippen LogP contribution in [0.4, 0.5) is 11.4 Å². The Morgan fingerprint density at radius 1 is 0.780 bits per heavy atom. The monoisotopic (exact) mass is 786 g/mol. The lowest BCUT2D eigenvalue weighted by atomic mass is 9.77. The van der Waals surface area contributed by atoms with E-state index in [0.29, 0.717) is 41.0 Å². The van der Waals surface area contributed by atoms with E-state index in [1.54, 1.807) is 22.5 Å². The zero-order valence-corrected chi connectivity index (χ0v) is 35.1. The van der Waals surface area contributed by atoms with Crippen molar-refractivity contribution in [1.82, 2.24) is 4.90 Å². The molecule has 0 saturated carbocycles. The standard InChI is InChI=1S/C56H54N2S/c1-36-13-5-6-16-38(29-36)42-30-41(37-14-3-2-4-15-37)31-44(32-42)58-52-21-11-8-18-46(52)49-34-40(24-27-54(49)58)39-23-26-53-48(33-39)45-17-7-10-20-51(45)57(53)43-25-28-56-50(35-43)47-19-9-12-22-55(47)59-56/h3,5-9,11-15,17-19,21-23,25-26,30-34,38,40,48,50,53-54,56H,2,4,10,16,20,24,27-29,35H2,1H3. The molecule has 0 N–H and O–H groups in total. The van der Waals surface area contributed by atoms with Crippen LogP contribution in [0.15, 0.2) is 179 Å². The summed E-state index contributed by atoms with van der Waals surface area (Å²) in [7, 11) is 0. The first-order valence-corrected chi connectivity index (χ1v) is 23.5. The van der Waals surface area contributed by atoms with Gasteiger partial charge in [-0.15, -0.1) is 11.8 Å². The van der Waals surface area contributed by atoms with E-state index in [1.807, 2.05) is 0 Å². The zero-order chi connectivity index (χ0) is 39.0. The number of allylic oxidation sites excluding steroid dienone is 16. The Balaban J connectivity index is 0.868. The van der Waals surface area contributed by atoms with Gasteiger partial charge in [0, 0.05) is 56.2 Å². The van der Waals surface area contributed by atoms with Gasteiger partial charge >= 0.3 is 0 Å². The number of nitrogens with zero attached hydrogens (tertiary/aromatic N) is 2. The van der Waals surface area contributed by atoms with Gasteiger partial charge in [-0.3, -0.25) is 0 Å². The van der Waals surface area contributed by atoms with Crippen molar-refractivity contribution in [2.45, 2.75) is 105 Å². The highest BCUT2D eigenvalue weighted by molar-refractivity contribution is 8.00. The number of hydrogen-bond donors (Lipinski definition) is 0. The molecule has 0 fully saturated rings. The van der Waals surface area contributed by atoms with Crippen molar-refractivity contribution in [3.05, 3.63) is 196 Å². The molecule has 3 heterocycles. The SMILES string of the molecule is CC1=CC=CCC(c2cc(C3=CCCC=C3)cc(N3c4ccccc4C4=CC(C5=CC6C7=C(CCC=C7)N(C7=CCC8Sc9ccccc9C8C7)C6C=C5)CCC43)c2)C1. The van der Waals surface area contributed by atoms with Crippen LogP contribution in [0.3, 0.4) is 0 Å². The number of anilines is 2. The molecule has 3 aromatic rings. The molecular weight excluding hydrogens is 733 g/mol. The molecule has 0 radical (unpaired) electrons. The Bertz CT molecular complexity index is 2560. The van der Waals surface area contributed by atoms with Crippen LogP contribution in [0, 0.1) is 11.8 Å². The summed E-state index contributed by atoms with van der Waals surface area (Å²) in [6, 6.07) is 26.7. The maximum absolute atomic E-state index is 2.81. The molecule has 294 valence electrons. The topological polar surface area (TPSA) is 6.48 Å². The van der Waals surface area contributed by atoms with Crippen LogP contribution in [0.2, 0.25) is 0 Å². The second kappa shape index (κ2) is 14.6. The Morgan fingerprint density at radius 3 is 2.64 bits per heavy atom. The molecule has 3 heteroatoms. The van der Waals surface area contributed by atoms with Crippen LogP contribution in [0.25, 0.3) is 11.1 Å². The van der Waals surface area contributed by atoms with Crippen LogP contribution in [-0.2, 0) is 0 Å². The fraction of sp³-hybridized carbons (Fsp3) is 0.321. The van der Waals surface area contributed by atoms with Crippen LogP contribution in [0.5, 0.6) is 0 Å². The molecule has 7 atom stereocenters. The van der Waals surface area contributed by atoms with E-state index in [0.717, 1.165) is 51.4 Å². The van der Waals surface area contributed by atoms with Crippen molar-refractivity contribution in [3.63, 3.8) is 0 Å². The van der Waals surface area contributed by atoms with E-state index < -0.39 is 0 Å². The number of benzene rings is 3. The summed E-state index contributed by atoms with van der Waals surface area (Å²) in [5.41, 5.74) is 19.2. The van der Waals surface area contributed by atoms with E-state index in [1.165, 1.54) is 68.1 Å². The molecule has 2 nitrogen and oxygen atoms in total. The molecule has 7 unspecified atom stereocenters. The molecule has 12 rings (SSSR count). The predicted molar refractivity (Wildman–Crippen MR) is 249 cm³/mol. The maximum Gasteiger partial charge on any atom is 0.0623 e. The largest absolute Gasteiger partial charge is 0.341 e. The number of fused-ring (bicyclic) bond motifs is 8. The van der Waals surface area contributed by atoms with Crippen LogP contribution in [0.1, 0.15) is 105 Å². The first-order valence-electron chi connectivity index (χ1n) is 22.6. The minimum absolute atomic E-state index is 0.345. The first kappa shape index (κ1) is 35.9. The smallest absolute Gasteiger partial charge is 0.0623 e. The van der Waals surface area contributed by atoms with E-state index in [-0.39, 0.29) is 0 Å². The highest BCUT2D eigenvalue weighted by Crippen LogP contribution is 2.56. The number of para-hydroxylation sites is 1. The summed E-state index contributed by atoms with van der Waals surface area (Å²) in [5, 5.41) is 0.681. The first-order chi connectivity index (χ1) is 29.1. The highest BCUT2D eigenvalue weighted by atomic mass is 32.2. The summed E-state index contributed by atoms with van der Waals surface area (Å²) in [5.74, 6) is 1.94. The minimum atomic E-state index is 0.345. The predicted octanol–water partition coefficient (Wildman–Crippen LogP) is 14.5. The summed E-state index contributed by atoms with van der Waals surface area (Å²) >= 11 is 2.11. The number of thioether (sulfide) groups is 1. The van der Waals surface area contributed by atoms with E-state index in [9.17, 15) is 0 Å². The lowest BCUT2D eigenvalue weighted by molar-refractivity contribution is 0.327. The highest BCUT2D eigenvalue weighted by Gasteiger charge is 2.45. The minimum Gasteiger partial charge on any atom is -0.341 e. The molecule has 0 aromatic heterocycles. The van der Waals surface area contributed by atoms with Crippen LogP contribution < -0.4 is 4.90 Å². The molecule has 3 aliphatic heterocycles. The second-order valence-corrected chi connectivity index (χ2v) is 19.7. The second-order valence-electron chi connectivity index (χ2n) is 18.4. The molecular formula is C56H54N2S. The van der Waals surface area contributed by atoms with Gasteiger partial charge in [-0.25, -0.2) is 0 Å². The molecule has 59 heavy (non-hydrogen) atoms. The molecule has 0 spiro atoms. The maximum atomic E-state index is 2.81. The molecule has 0 amide bonds. The average Bonchev–Trinajstić information content (AvgIpc) is 3.88. The van der Waals surface area contributed by atoms with E-state index >= 15 is 0 Å². The Morgan fingerprint density at radius 2 is 1.69 bits per heavy atom. The normalized spacial score (nSPS) is 30.0. The van der Waals surface area contributed by atoms with Crippen molar-refractivity contribution in [3.8, 4) is 0 Å². The lowest BCUT2D eigenvalue weighted by Gasteiger charge is -2.38. The van der Waals surface area contributed by atoms with Crippen LogP contribution in [-0.4, -0.2) is 22.2 Å². The third kappa shape index (κ3) is 6.13.